The first-order chi connectivity index (χ1) is 9.58. The van der Waals surface area contributed by atoms with Gasteiger partial charge in [0.25, 0.3) is 5.91 Å². The average Bonchev–Trinajstić information content (AvgIpc) is 2.84. The number of amides is 1. The van der Waals surface area contributed by atoms with Crippen LogP contribution in [0.15, 0.2) is 28.7 Å². The molecule has 20 heavy (non-hydrogen) atoms. The van der Waals surface area contributed by atoms with Crippen LogP contribution in [0.25, 0.3) is 0 Å². The van der Waals surface area contributed by atoms with E-state index in [4.69, 9.17) is 0 Å². The maximum atomic E-state index is 12.0. The van der Waals surface area contributed by atoms with E-state index in [1.165, 1.54) is 0 Å². The summed E-state index contributed by atoms with van der Waals surface area (Å²) in [5, 5.41) is 13.0. The third kappa shape index (κ3) is 2.56. The topological polar surface area (TPSA) is 52.6 Å². The maximum absolute atomic E-state index is 12.0. The van der Waals surface area contributed by atoms with Crippen molar-refractivity contribution in [2.24, 2.45) is 0 Å². The van der Waals surface area contributed by atoms with Gasteiger partial charge in [0.15, 0.2) is 0 Å². The first kappa shape index (κ1) is 13.9. The third-order valence-electron chi connectivity index (χ3n) is 4.32. The van der Waals surface area contributed by atoms with Crippen LogP contribution in [0.3, 0.4) is 0 Å². The highest BCUT2D eigenvalue weighted by Crippen LogP contribution is 2.32. The third-order valence-corrected chi connectivity index (χ3v) is 4.99. The number of hydrogen-bond donors (Lipinski definition) is 2. The normalized spacial score (nSPS) is 24.3. The van der Waals surface area contributed by atoms with Crippen molar-refractivity contribution in [2.75, 3.05) is 18.0 Å². The highest BCUT2D eigenvalue weighted by atomic mass is 79.9. The summed E-state index contributed by atoms with van der Waals surface area (Å²) in [7, 11) is 0. The van der Waals surface area contributed by atoms with Gasteiger partial charge in [-0.05, 0) is 53.7 Å². The number of aliphatic hydroxyl groups is 1. The molecule has 0 radical (unpaired) electrons. The van der Waals surface area contributed by atoms with Crippen LogP contribution in [0.5, 0.6) is 0 Å². The van der Waals surface area contributed by atoms with Crippen LogP contribution in [0.4, 0.5) is 5.69 Å². The minimum absolute atomic E-state index is 0.124. The molecule has 1 aromatic rings. The Balaban J connectivity index is 1.60. The van der Waals surface area contributed by atoms with Gasteiger partial charge in [-0.25, -0.2) is 0 Å². The fraction of sp³-hybridized carbons (Fsp3) is 0.533. The molecule has 0 spiro atoms. The van der Waals surface area contributed by atoms with Gasteiger partial charge in [0.05, 0.1) is 5.69 Å². The van der Waals surface area contributed by atoms with Gasteiger partial charge in [-0.3, -0.25) is 4.79 Å². The first-order valence-corrected chi connectivity index (χ1v) is 7.91. The van der Waals surface area contributed by atoms with E-state index in [0.29, 0.717) is 12.8 Å². The summed E-state index contributed by atoms with van der Waals surface area (Å²) in [5.74, 6) is -0.192. The van der Waals surface area contributed by atoms with Gasteiger partial charge in [0.2, 0.25) is 0 Å². The molecule has 0 aromatic heterocycles. The Hall–Kier alpha value is -1.07. The molecule has 0 unspecified atom stereocenters. The van der Waals surface area contributed by atoms with Gasteiger partial charge in [-0.15, -0.1) is 0 Å². The molecule has 108 valence electrons. The number of anilines is 1. The number of rotatable bonds is 3. The molecular formula is C15H19BrN2O2. The monoisotopic (exact) mass is 338 g/mol. The number of carbonyl (C=O) groups is 1. The Labute approximate surface area is 127 Å². The van der Waals surface area contributed by atoms with Gasteiger partial charge in [-0.2, -0.15) is 0 Å². The van der Waals surface area contributed by atoms with Crippen molar-refractivity contribution in [3.63, 3.8) is 0 Å². The fourth-order valence-electron chi connectivity index (χ4n) is 2.86. The quantitative estimate of drug-likeness (QED) is 0.886. The molecule has 1 aliphatic heterocycles. The maximum Gasteiger partial charge on any atom is 0.252 e. The first-order valence-electron chi connectivity index (χ1n) is 7.11. The molecule has 1 saturated heterocycles. The highest BCUT2D eigenvalue weighted by Gasteiger charge is 2.43. The molecule has 1 amide bonds. The Morgan fingerprint density at radius 2 is 2.15 bits per heavy atom. The number of nitrogens with zero attached hydrogens (tertiary/aromatic N) is 1. The summed E-state index contributed by atoms with van der Waals surface area (Å²) in [4.78, 5) is 14.3. The smallest absolute Gasteiger partial charge is 0.252 e. The van der Waals surface area contributed by atoms with Crippen molar-refractivity contribution in [3.8, 4) is 0 Å². The van der Waals surface area contributed by atoms with E-state index in [0.717, 1.165) is 36.1 Å². The van der Waals surface area contributed by atoms with E-state index in [1.54, 1.807) is 0 Å². The molecule has 2 fully saturated rings. The number of benzene rings is 1. The standard InChI is InChI=1S/C15H19BrN2O2/c16-12-4-1-2-5-13(12)18-9-6-11(10-18)17-14(19)15(20)7-3-8-15/h1-2,4-5,11,20H,3,6-10H2,(H,17,19)/t11-/m1/s1. The van der Waals surface area contributed by atoms with Crippen LogP contribution in [0, 0.1) is 0 Å². The van der Waals surface area contributed by atoms with Gasteiger partial charge in [-0.1, -0.05) is 12.1 Å². The van der Waals surface area contributed by atoms with Crippen LogP contribution in [0.2, 0.25) is 0 Å². The Kier molecular flexibility index (Phi) is 3.73. The lowest BCUT2D eigenvalue weighted by Gasteiger charge is -2.35. The van der Waals surface area contributed by atoms with Crippen LogP contribution in [0.1, 0.15) is 25.7 Å². The Morgan fingerprint density at radius 3 is 2.80 bits per heavy atom. The second-order valence-corrected chi connectivity index (χ2v) is 6.60. The highest BCUT2D eigenvalue weighted by molar-refractivity contribution is 9.10. The fourth-order valence-corrected chi connectivity index (χ4v) is 3.40. The summed E-state index contributed by atoms with van der Waals surface area (Å²) in [5.41, 5.74) is 0.0624. The summed E-state index contributed by atoms with van der Waals surface area (Å²) < 4.78 is 1.07. The Bertz CT molecular complexity index is 516. The van der Waals surface area contributed by atoms with Crippen molar-refractivity contribution in [3.05, 3.63) is 28.7 Å². The lowest BCUT2D eigenvalue weighted by Crippen LogP contribution is -2.54. The van der Waals surface area contributed by atoms with Crippen molar-refractivity contribution >= 4 is 27.5 Å². The van der Waals surface area contributed by atoms with Crippen molar-refractivity contribution in [1.29, 1.82) is 0 Å². The minimum atomic E-state index is -1.10. The molecule has 2 aliphatic rings. The number of hydrogen-bond acceptors (Lipinski definition) is 3. The van der Waals surface area contributed by atoms with Crippen LogP contribution in [-0.2, 0) is 4.79 Å². The molecule has 1 heterocycles. The number of carbonyl (C=O) groups excluding carboxylic acids is 1. The van der Waals surface area contributed by atoms with Crippen LogP contribution < -0.4 is 10.2 Å². The lowest BCUT2D eigenvalue weighted by molar-refractivity contribution is -0.149. The van der Waals surface area contributed by atoms with Crippen molar-refractivity contribution < 1.29 is 9.90 Å². The predicted octanol–water partition coefficient (Wildman–Crippen LogP) is 2.06. The summed E-state index contributed by atoms with van der Waals surface area (Å²) >= 11 is 3.56. The number of nitrogens with one attached hydrogen (secondary N) is 1. The zero-order chi connectivity index (χ0) is 14.2. The van der Waals surface area contributed by atoms with E-state index in [1.807, 2.05) is 18.2 Å². The Morgan fingerprint density at radius 1 is 1.40 bits per heavy atom. The van der Waals surface area contributed by atoms with Crippen LogP contribution in [-0.4, -0.2) is 35.7 Å². The minimum Gasteiger partial charge on any atom is -0.380 e. The molecule has 5 heteroatoms. The van der Waals surface area contributed by atoms with Crippen molar-refractivity contribution in [2.45, 2.75) is 37.3 Å². The summed E-state index contributed by atoms with van der Waals surface area (Å²) in [6.45, 7) is 1.72. The number of halogens is 1. The van der Waals surface area contributed by atoms with E-state index < -0.39 is 5.60 Å². The van der Waals surface area contributed by atoms with E-state index in [2.05, 4.69) is 32.2 Å². The molecule has 3 rings (SSSR count). The van der Waals surface area contributed by atoms with E-state index in [9.17, 15) is 9.90 Å². The van der Waals surface area contributed by atoms with E-state index in [-0.39, 0.29) is 11.9 Å². The zero-order valence-electron chi connectivity index (χ0n) is 11.3. The average molecular weight is 339 g/mol. The molecular weight excluding hydrogens is 320 g/mol. The second kappa shape index (κ2) is 5.37. The summed E-state index contributed by atoms with van der Waals surface area (Å²) in [6.07, 6.45) is 3.06. The second-order valence-electron chi connectivity index (χ2n) is 5.74. The molecule has 0 bridgehead atoms. The molecule has 1 aliphatic carbocycles. The lowest BCUT2D eigenvalue weighted by atomic mass is 9.79. The zero-order valence-corrected chi connectivity index (χ0v) is 12.9. The number of para-hydroxylation sites is 1. The predicted molar refractivity (Wildman–Crippen MR) is 81.7 cm³/mol. The van der Waals surface area contributed by atoms with Gasteiger partial charge >= 0.3 is 0 Å². The molecule has 1 atom stereocenters. The summed E-state index contributed by atoms with van der Waals surface area (Å²) in [6, 6.07) is 8.24. The SMILES string of the molecule is O=C(N[C@@H]1CCN(c2ccccc2Br)C1)C1(O)CCC1. The van der Waals surface area contributed by atoms with Gasteiger partial charge < -0.3 is 15.3 Å². The molecule has 1 saturated carbocycles. The molecule has 2 N–H and O–H groups in total. The molecule has 4 nitrogen and oxygen atoms in total. The van der Waals surface area contributed by atoms with Gasteiger partial charge in [0, 0.05) is 23.6 Å². The van der Waals surface area contributed by atoms with Crippen LogP contribution >= 0.6 is 15.9 Å². The van der Waals surface area contributed by atoms with E-state index >= 15 is 0 Å². The molecule has 1 aromatic carbocycles. The van der Waals surface area contributed by atoms with Gasteiger partial charge in [0.1, 0.15) is 5.60 Å². The van der Waals surface area contributed by atoms with Crippen molar-refractivity contribution in [1.82, 2.24) is 5.32 Å². The largest absolute Gasteiger partial charge is 0.380 e.